The lowest BCUT2D eigenvalue weighted by Crippen LogP contribution is -2.34. The molecule has 2 aliphatic rings. The second-order valence-electron chi connectivity index (χ2n) is 5.18. The van der Waals surface area contributed by atoms with Gasteiger partial charge in [0.2, 0.25) is 0 Å². The zero-order valence-corrected chi connectivity index (χ0v) is 12.3. The average Bonchev–Trinajstić information content (AvgIpc) is 2.93. The van der Waals surface area contributed by atoms with Crippen molar-refractivity contribution in [2.45, 2.75) is 38.2 Å². The number of hydrogen-bond donors (Lipinski definition) is 1. The number of amides is 4. The topological polar surface area (TPSA) is 121 Å². The molecule has 1 atom stereocenters. The Hall–Kier alpha value is -2.55. The number of unbranched alkanes of at least 4 members (excludes halogenated alkanes) is 2. The zero-order valence-electron chi connectivity index (χ0n) is 12.3. The van der Waals surface area contributed by atoms with Crippen LogP contribution >= 0.6 is 0 Å². The lowest BCUT2D eigenvalue weighted by atomic mass is 10.2. The molecule has 0 bridgehead atoms. The molecule has 0 aliphatic carbocycles. The average molecular weight is 324 g/mol. The Morgan fingerprint density at radius 1 is 1.13 bits per heavy atom. The lowest BCUT2D eigenvalue weighted by molar-refractivity contribution is -0.198. The van der Waals surface area contributed by atoms with Crippen molar-refractivity contribution in [2.24, 2.45) is 0 Å². The highest BCUT2D eigenvalue weighted by Gasteiger charge is 2.40. The van der Waals surface area contributed by atoms with Gasteiger partial charge in [0.1, 0.15) is 6.10 Å². The second-order valence-corrected chi connectivity index (χ2v) is 5.18. The molecule has 1 fully saturated rings. The molecule has 0 radical (unpaired) electrons. The van der Waals surface area contributed by atoms with E-state index in [4.69, 9.17) is 0 Å². The van der Waals surface area contributed by atoms with Crippen LogP contribution in [0, 0.1) is 0 Å². The molecule has 0 aromatic heterocycles. The molecule has 9 nitrogen and oxygen atoms in total. The number of imide groups is 2. The fourth-order valence-electron chi connectivity index (χ4n) is 2.20. The van der Waals surface area contributed by atoms with Gasteiger partial charge in [-0.25, -0.2) is 4.79 Å². The molecule has 0 aromatic carbocycles. The summed E-state index contributed by atoms with van der Waals surface area (Å²) in [5.41, 5.74) is 0. The first kappa shape index (κ1) is 16.8. The number of nitrogens with zero attached hydrogens (tertiary/aromatic N) is 2. The molecule has 0 aromatic rings. The SMILES string of the molecule is O=C(CCCCCN1C(=O)C=CC1=O)ON1C(=O)CC(O)C1=O. The summed E-state index contributed by atoms with van der Waals surface area (Å²) in [5.74, 6) is -3.15. The molecule has 1 saturated heterocycles. The van der Waals surface area contributed by atoms with E-state index < -0.39 is 30.3 Å². The van der Waals surface area contributed by atoms with Gasteiger partial charge in [-0.2, -0.15) is 0 Å². The van der Waals surface area contributed by atoms with Crippen molar-refractivity contribution in [1.82, 2.24) is 9.96 Å². The minimum absolute atomic E-state index is 0.0205. The van der Waals surface area contributed by atoms with Crippen LogP contribution in [0.2, 0.25) is 0 Å². The monoisotopic (exact) mass is 324 g/mol. The summed E-state index contributed by atoms with van der Waals surface area (Å²) in [6.07, 6.45) is 2.06. The summed E-state index contributed by atoms with van der Waals surface area (Å²) >= 11 is 0. The molecular weight excluding hydrogens is 308 g/mol. The number of carbonyl (C=O) groups is 5. The van der Waals surface area contributed by atoms with E-state index in [2.05, 4.69) is 4.84 Å². The van der Waals surface area contributed by atoms with Crippen molar-refractivity contribution in [3.05, 3.63) is 12.2 Å². The predicted octanol–water partition coefficient (Wildman–Crippen LogP) is -0.950. The third kappa shape index (κ3) is 4.01. The summed E-state index contributed by atoms with van der Waals surface area (Å²) in [6.45, 7) is 0.273. The number of aliphatic hydroxyl groups is 1. The predicted molar refractivity (Wildman–Crippen MR) is 72.9 cm³/mol. The third-order valence-electron chi connectivity index (χ3n) is 3.44. The standard InChI is InChI=1S/C14H16N2O7/c17-9-8-12(20)16(14(9)22)23-13(21)4-2-1-3-7-15-10(18)5-6-11(15)19/h5-6,9,17H,1-4,7-8H2. The van der Waals surface area contributed by atoms with Gasteiger partial charge in [-0.15, -0.1) is 0 Å². The highest BCUT2D eigenvalue weighted by molar-refractivity contribution is 6.12. The van der Waals surface area contributed by atoms with Crippen LogP contribution in [0.15, 0.2) is 12.2 Å². The fraction of sp³-hybridized carbons (Fsp3) is 0.500. The van der Waals surface area contributed by atoms with Gasteiger partial charge in [-0.05, 0) is 12.8 Å². The van der Waals surface area contributed by atoms with Crippen LogP contribution in [0.5, 0.6) is 0 Å². The van der Waals surface area contributed by atoms with Crippen molar-refractivity contribution < 1.29 is 33.9 Å². The molecular formula is C14H16N2O7. The van der Waals surface area contributed by atoms with E-state index in [1.165, 1.54) is 12.2 Å². The highest BCUT2D eigenvalue weighted by Crippen LogP contribution is 2.14. The van der Waals surface area contributed by atoms with Crippen LogP contribution < -0.4 is 0 Å². The third-order valence-corrected chi connectivity index (χ3v) is 3.44. The van der Waals surface area contributed by atoms with Gasteiger partial charge in [0.15, 0.2) is 0 Å². The molecule has 9 heteroatoms. The molecule has 124 valence electrons. The largest absolute Gasteiger partial charge is 0.383 e. The van der Waals surface area contributed by atoms with E-state index in [1.54, 1.807) is 0 Å². The van der Waals surface area contributed by atoms with E-state index >= 15 is 0 Å². The van der Waals surface area contributed by atoms with Crippen LogP contribution in [-0.2, 0) is 28.8 Å². The Kier molecular flexibility index (Phi) is 5.22. The maximum atomic E-state index is 11.5. The van der Waals surface area contributed by atoms with E-state index in [-0.39, 0.29) is 24.8 Å². The minimum Gasteiger partial charge on any atom is -0.383 e. The van der Waals surface area contributed by atoms with Crippen LogP contribution in [0.4, 0.5) is 0 Å². The zero-order chi connectivity index (χ0) is 17.0. The summed E-state index contributed by atoms with van der Waals surface area (Å²) < 4.78 is 0. The summed E-state index contributed by atoms with van der Waals surface area (Å²) in [6, 6.07) is 0. The molecule has 2 aliphatic heterocycles. The molecule has 23 heavy (non-hydrogen) atoms. The van der Waals surface area contributed by atoms with Crippen molar-refractivity contribution in [1.29, 1.82) is 0 Å². The van der Waals surface area contributed by atoms with Gasteiger partial charge in [-0.3, -0.25) is 24.1 Å². The summed E-state index contributed by atoms with van der Waals surface area (Å²) in [7, 11) is 0. The number of aliphatic hydroxyl groups excluding tert-OH is 1. The molecule has 2 heterocycles. The van der Waals surface area contributed by atoms with E-state index in [0.29, 0.717) is 24.3 Å². The summed E-state index contributed by atoms with van der Waals surface area (Å²) in [5, 5.41) is 9.47. The van der Waals surface area contributed by atoms with E-state index in [1.807, 2.05) is 0 Å². The fourth-order valence-corrected chi connectivity index (χ4v) is 2.20. The number of carbonyl (C=O) groups excluding carboxylic acids is 5. The van der Waals surface area contributed by atoms with Crippen LogP contribution in [0.1, 0.15) is 32.1 Å². The van der Waals surface area contributed by atoms with Gasteiger partial charge in [0, 0.05) is 25.1 Å². The quantitative estimate of drug-likeness (QED) is 0.473. The van der Waals surface area contributed by atoms with Gasteiger partial charge in [0.05, 0.1) is 6.42 Å². The van der Waals surface area contributed by atoms with Crippen molar-refractivity contribution in [2.75, 3.05) is 6.54 Å². The molecule has 2 rings (SSSR count). The number of hydroxylamine groups is 2. The van der Waals surface area contributed by atoms with Gasteiger partial charge in [-0.1, -0.05) is 11.5 Å². The smallest absolute Gasteiger partial charge is 0.333 e. The minimum atomic E-state index is -1.46. The second kappa shape index (κ2) is 7.14. The Morgan fingerprint density at radius 2 is 1.78 bits per heavy atom. The molecule has 0 saturated carbocycles. The Balaban J connectivity index is 1.62. The first-order valence-electron chi connectivity index (χ1n) is 7.19. The van der Waals surface area contributed by atoms with Crippen molar-refractivity contribution in [3.63, 3.8) is 0 Å². The van der Waals surface area contributed by atoms with E-state index in [9.17, 15) is 29.1 Å². The van der Waals surface area contributed by atoms with E-state index in [0.717, 1.165) is 4.90 Å². The maximum Gasteiger partial charge on any atom is 0.333 e. The first-order chi connectivity index (χ1) is 10.9. The Morgan fingerprint density at radius 3 is 2.35 bits per heavy atom. The highest BCUT2D eigenvalue weighted by atomic mass is 16.7. The van der Waals surface area contributed by atoms with Gasteiger partial charge in [0.25, 0.3) is 23.6 Å². The number of hydrogen-bond acceptors (Lipinski definition) is 7. The first-order valence-corrected chi connectivity index (χ1v) is 7.19. The maximum absolute atomic E-state index is 11.5. The molecule has 1 unspecified atom stereocenters. The molecule has 0 spiro atoms. The van der Waals surface area contributed by atoms with Crippen molar-refractivity contribution in [3.8, 4) is 0 Å². The molecule has 1 N–H and O–H groups in total. The van der Waals surface area contributed by atoms with Crippen molar-refractivity contribution >= 4 is 29.6 Å². The number of rotatable bonds is 7. The molecule has 4 amide bonds. The Bertz CT molecular complexity index is 566. The van der Waals surface area contributed by atoms with Crippen LogP contribution in [0.25, 0.3) is 0 Å². The lowest BCUT2D eigenvalue weighted by Gasteiger charge is -2.14. The normalized spacial score (nSPS) is 20.8. The Labute approximate surface area is 131 Å². The van der Waals surface area contributed by atoms with Gasteiger partial charge < -0.3 is 9.94 Å². The summed E-state index contributed by atoms with van der Waals surface area (Å²) in [4.78, 5) is 62.5. The van der Waals surface area contributed by atoms with Crippen LogP contribution in [-0.4, -0.2) is 57.3 Å². The van der Waals surface area contributed by atoms with Crippen LogP contribution in [0.3, 0.4) is 0 Å². The van der Waals surface area contributed by atoms with Gasteiger partial charge >= 0.3 is 5.97 Å².